The van der Waals surface area contributed by atoms with Crippen LogP contribution in [0.15, 0.2) is 28.6 Å². The Morgan fingerprint density at radius 3 is 3.30 bits per heavy atom. The van der Waals surface area contributed by atoms with Crippen molar-refractivity contribution in [1.29, 1.82) is 0 Å². The van der Waals surface area contributed by atoms with Gasteiger partial charge in [-0.05, 0) is 19.1 Å². The zero-order chi connectivity index (χ0) is 6.97. The van der Waals surface area contributed by atoms with Gasteiger partial charge in [-0.15, -0.1) is 0 Å². The van der Waals surface area contributed by atoms with Crippen molar-refractivity contribution in [2.45, 2.75) is 13.0 Å². The van der Waals surface area contributed by atoms with Crippen molar-refractivity contribution in [2.75, 3.05) is 0 Å². The number of hydrogen-bond donors (Lipinski definition) is 2. The summed E-state index contributed by atoms with van der Waals surface area (Å²) >= 11 is 0. The van der Waals surface area contributed by atoms with Gasteiger partial charge >= 0.3 is 0 Å². The van der Waals surface area contributed by atoms with Crippen LogP contribution in [0, 0.1) is 0 Å². The summed E-state index contributed by atoms with van der Waals surface area (Å²) in [6, 6.07) is 0.282. The van der Waals surface area contributed by atoms with Gasteiger partial charge in [0.2, 0.25) is 0 Å². The van der Waals surface area contributed by atoms with E-state index < -0.39 is 0 Å². The Balaban J connectivity index is 2.28. The van der Waals surface area contributed by atoms with Crippen molar-refractivity contribution in [3.8, 4) is 0 Å². The number of rotatable bonds is 0. The predicted octanol–water partition coefficient (Wildman–Crippen LogP) is 0.335. The number of allylic oxidation sites excluding steroid dienone is 3. The molecule has 0 spiro atoms. The fourth-order valence-electron chi connectivity index (χ4n) is 1.10. The first kappa shape index (κ1) is 5.53. The van der Waals surface area contributed by atoms with E-state index in [-0.39, 0.29) is 6.04 Å². The Kier molecular flexibility index (Phi) is 1.03. The molecule has 2 heterocycles. The average molecular weight is 135 g/mol. The molecule has 52 valence electrons. The van der Waals surface area contributed by atoms with E-state index in [0.717, 1.165) is 5.70 Å². The summed E-state index contributed by atoms with van der Waals surface area (Å²) in [5.41, 5.74) is 5.22. The Morgan fingerprint density at radius 1 is 1.50 bits per heavy atom. The summed E-state index contributed by atoms with van der Waals surface area (Å²) in [6.45, 7) is 2.04. The van der Waals surface area contributed by atoms with E-state index >= 15 is 0 Å². The molecule has 2 rings (SSSR count). The van der Waals surface area contributed by atoms with Crippen LogP contribution in [-0.2, 0) is 0 Å². The third-order valence-electron chi connectivity index (χ3n) is 1.65. The van der Waals surface area contributed by atoms with Crippen LogP contribution >= 0.6 is 0 Å². The minimum Gasteiger partial charge on any atom is -0.376 e. The number of nitrogens with zero attached hydrogens (tertiary/aromatic N) is 1. The molecule has 0 aromatic rings. The number of nitrogens with one attached hydrogen (secondary N) is 2. The summed E-state index contributed by atoms with van der Waals surface area (Å²) in [5.74, 6) is 0. The van der Waals surface area contributed by atoms with Crippen molar-refractivity contribution in [2.24, 2.45) is 5.10 Å². The van der Waals surface area contributed by atoms with Gasteiger partial charge < -0.3 is 5.32 Å². The molecule has 2 aliphatic heterocycles. The normalized spacial score (nSPS) is 27.9. The van der Waals surface area contributed by atoms with Gasteiger partial charge in [-0.3, -0.25) is 5.43 Å². The summed E-state index contributed by atoms with van der Waals surface area (Å²) in [4.78, 5) is 0. The van der Waals surface area contributed by atoms with Crippen LogP contribution in [0.5, 0.6) is 0 Å². The fourth-order valence-corrected chi connectivity index (χ4v) is 1.10. The smallest absolute Gasteiger partial charge is 0.105 e. The molecule has 10 heavy (non-hydrogen) atoms. The van der Waals surface area contributed by atoms with Crippen molar-refractivity contribution >= 4 is 6.21 Å². The highest BCUT2D eigenvalue weighted by atomic mass is 15.3. The molecule has 0 aromatic heterocycles. The molecule has 3 nitrogen and oxygen atoms in total. The highest BCUT2D eigenvalue weighted by Gasteiger charge is 2.17. The second-order valence-electron chi connectivity index (χ2n) is 2.48. The maximum atomic E-state index is 3.92. The molecule has 0 aliphatic carbocycles. The standard InChI is InChI=1S/C7H9N3/c1-5-2-3-6-7(9-5)4-8-10-6/h2-4,7,9-10H,1H3. The van der Waals surface area contributed by atoms with E-state index in [1.165, 1.54) is 5.70 Å². The van der Waals surface area contributed by atoms with Crippen LogP contribution in [-0.4, -0.2) is 12.3 Å². The molecule has 0 amide bonds. The van der Waals surface area contributed by atoms with Gasteiger partial charge in [0.1, 0.15) is 6.04 Å². The predicted molar refractivity (Wildman–Crippen MR) is 40.4 cm³/mol. The summed E-state index contributed by atoms with van der Waals surface area (Å²) in [5, 5.41) is 7.18. The molecule has 2 aliphatic rings. The number of fused-ring (bicyclic) bond motifs is 1. The lowest BCUT2D eigenvalue weighted by Crippen LogP contribution is -2.32. The molecule has 0 saturated heterocycles. The summed E-state index contributed by atoms with van der Waals surface area (Å²) in [6.07, 6.45) is 5.94. The SMILES string of the molecule is CC1=CC=C2NN=CC2N1. The third kappa shape index (κ3) is 0.708. The third-order valence-corrected chi connectivity index (χ3v) is 1.65. The lowest BCUT2D eigenvalue weighted by molar-refractivity contribution is 0.746. The van der Waals surface area contributed by atoms with Crippen LogP contribution in [0.1, 0.15) is 6.92 Å². The first-order valence-corrected chi connectivity index (χ1v) is 3.30. The highest BCUT2D eigenvalue weighted by molar-refractivity contribution is 5.72. The summed E-state index contributed by atoms with van der Waals surface area (Å²) in [7, 11) is 0. The molecule has 1 atom stereocenters. The molecular formula is C7H9N3. The molecule has 0 aromatic carbocycles. The Hall–Kier alpha value is -1.25. The number of hydrogen-bond acceptors (Lipinski definition) is 3. The van der Waals surface area contributed by atoms with Gasteiger partial charge in [-0.25, -0.2) is 0 Å². The quantitative estimate of drug-likeness (QED) is 0.502. The van der Waals surface area contributed by atoms with E-state index in [2.05, 4.69) is 15.8 Å². The van der Waals surface area contributed by atoms with Crippen molar-refractivity contribution in [3.63, 3.8) is 0 Å². The molecule has 1 unspecified atom stereocenters. The average Bonchev–Trinajstić information content (AvgIpc) is 2.33. The monoisotopic (exact) mass is 135 g/mol. The topological polar surface area (TPSA) is 36.4 Å². The van der Waals surface area contributed by atoms with Crippen LogP contribution in [0.25, 0.3) is 0 Å². The van der Waals surface area contributed by atoms with Crippen molar-refractivity contribution in [1.82, 2.24) is 10.7 Å². The highest BCUT2D eigenvalue weighted by Crippen LogP contribution is 2.10. The van der Waals surface area contributed by atoms with Gasteiger partial charge in [-0.1, -0.05) is 0 Å². The van der Waals surface area contributed by atoms with Gasteiger partial charge in [0, 0.05) is 5.70 Å². The van der Waals surface area contributed by atoms with Gasteiger partial charge in [0.05, 0.1) is 11.9 Å². The van der Waals surface area contributed by atoms with E-state index in [1.807, 2.05) is 25.3 Å². The Labute approximate surface area is 59.5 Å². The minimum absolute atomic E-state index is 0.282. The zero-order valence-electron chi connectivity index (χ0n) is 5.76. The lowest BCUT2D eigenvalue weighted by atomic mass is 10.1. The molecule has 0 saturated carbocycles. The Bertz CT molecular complexity index is 237. The van der Waals surface area contributed by atoms with Gasteiger partial charge in [0.25, 0.3) is 0 Å². The maximum absolute atomic E-state index is 3.92. The molecule has 0 bridgehead atoms. The minimum atomic E-state index is 0.282. The van der Waals surface area contributed by atoms with Crippen LogP contribution in [0.4, 0.5) is 0 Å². The Morgan fingerprint density at radius 2 is 2.40 bits per heavy atom. The number of dihydropyridines is 1. The molecule has 0 radical (unpaired) electrons. The molecular weight excluding hydrogens is 126 g/mol. The van der Waals surface area contributed by atoms with Gasteiger partial charge in [0.15, 0.2) is 0 Å². The van der Waals surface area contributed by atoms with Crippen LogP contribution in [0.3, 0.4) is 0 Å². The van der Waals surface area contributed by atoms with E-state index in [4.69, 9.17) is 0 Å². The summed E-state index contributed by atoms with van der Waals surface area (Å²) < 4.78 is 0. The molecule has 3 heteroatoms. The maximum Gasteiger partial charge on any atom is 0.105 e. The molecule has 2 N–H and O–H groups in total. The van der Waals surface area contributed by atoms with E-state index in [0.29, 0.717) is 0 Å². The van der Waals surface area contributed by atoms with Crippen molar-refractivity contribution in [3.05, 3.63) is 23.5 Å². The number of hydrazone groups is 1. The first-order chi connectivity index (χ1) is 4.86. The van der Waals surface area contributed by atoms with Crippen LogP contribution in [0.2, 0.25) is 0 Å². The molecule has 0 fully saturated rings. The van der Waals surface area contributed by atoms with E-state index in [1.54, 1.807) is 0 Å². The second-order valence-corrected chi connectivity index (χ2v) is 2.48. The van der Waals surface area contributed by atoms with Gasteiger partial charge in [-0.2, -0.15) is 5.10 Å². The largest absolute Gasteiger partial charge is 0.376 e. The lowest BCUT2D eigenvalue weighted by Gasteiger charge is -2.16. The zero-order valence-corrected chi connectivity index (χ0v) is 5.76. The first-order valence-electron chi connectivity index (χ1n) is 3.30. The second kappa shape index (κ2) is 1.87. The van der Waals surface area contributed by atoms with Crippen LogP contribution < -0.4 is 10.7 Å². The van der Waals surface area contributed by atoms with Crippen molar-refractivity contribution < 1.29 is 0 Å². The van der Waals surface area contributed by atoms with E-state index in [9.17, 15) is 0 Å². The fraction of sp³-hybridized carbons (Fsp3) is 0.286.